The Bertz CT molecular complexity index is 522. The first-order valence-corrected chi connectivity index (χ1v) is 7.55. The summed E-state index contributed by atoms with van der Waals surface area (Å²) in [7, 11) is 0. The molecule has 0 unspecified atom stereocenters. The van der Waals surface area contributed by atoms with Gasteiger partial charge in [-0.1, -0.05) is 6.42 Å². The molecule has 0 radical (unpaired) electrons. The van der Waals surface area contributed by atoms with Crippen molar-refractivity contribution in [3.05, 3.63) is 29.3 Å². The standard InChI is InChI=1S/C16H23N3O2/c1-3-17-15(20)12-7-8-13(11(2)10-12)19-16(21)14-6-4-5-9-18-14/h7-8,10,14,18H,3-6,9H2,1-2H3,(H,17,20)(H,19,21)/t14-/m0/s1. The Morgan fingerprint density at radius 1 is 1.33 bits per heavy atom. The van der Waals surface area contributed by atoms with Crippen LogP contribution in [0.1, 0.15) is 42.1 Å². The maximum atomic E-state index is 12.2. The van der Waals surface area contributed by atoms with Crippen molar-refractivity contribution in [2.75, 3.05) is 18.4 Å². The molecule has 5 heteroatoms. The molecule has 1 aliphatic rings. The van der Waals surface area contributed by atoms with Crippen molar-refractivity contribution in [1.82, 2.24) is 10.6 Å². The van der Waals surface area contributed by atoms with Crippen LogP contribution in [0, 0.1) is 6.92 Å². The monoisotopic (exact) mass is 289 g/mol. The van der Waals surface area contributed by atoms with Gasteiger partial charge in [0.05, 0.1) is 6.04 Å². The van der Waals surface area contributed by atoms with E-state index in [9.17, 15) is 9.59 Å². The van der Waals surface area contributed by atoms with Gasteiger partial charge in [0.2, 0.25) is 5.91 Å². The van der Waals surface area contributed by atoms with Crippen LogP contribution >= 0.6 is 0 Å². The van der Waals surface area contributed by atoms with Crippen molar-refractivity contribution in [2.45, 2.75) is 39.2 Å². The van der Waals surface area contributed by atoms with Gasteiger partial charge >= 0.3 is 0 Å². The first-order valence-electron chi connectivity index (χ1n) is 7.55. The lowest BCUT2D eigenvalue weighted by Crippen LogP contribution is -2.43. The highest BCUT2D eigenvalue weighted by Gasteiger charge is 2.21. The summed E-state index contributed by atoms with van der Waals surface area (Å²) in [5.41, 5.74) is 2.27. The van der Waals surface area contributed by atoms with E-state index >= 15 is 0 Å². The Hall–Kier alpha value is -1.88. The molecule has 1 aliphatic heterocycles. The minimum Gasteiger partial charge on any atom is -0.352 e. The first-order chi connectivity index (χ1) is 10.1. The zero-order valence-corrected chi connectivity index (χ0v) is 12.7. The van der Waals surface area contributed by atoms with Crippen LogP contribution in [0.2, 0.25) is 0 Å². The van der Waals surface area contributed by atoms with Crippen LogP contribution in [0.3, 0.4) is 0 Å². The van der Waals surface area contributed by atoms with Crippen molar-refractivity contribution in [1.29, 1.82) is 0 Å². The number of carbonyl (C=O) groups excluding carboxylic acids is 2. The highest BCUT2D eigenvalue weighted by Crippen LogP contribution is 2.18. The summed E-state index contributed by atoms with van der Waals surface area (Å²) >= 11 is 0. The highest BCUT2D eigenvalue weighted by molar-refractivity contribution is 5.98. The SMILES string of the molecule is CCNC(=O)c1ccc(NC(=O)[C@@H]2CCCCN2)c(C)c1. The predicted molar refractivity (Wildman–Crippen MR) is 83.5 cm³/mol. The van der Waals surface area contributed by atoms with E-state index in [4.69, 9.17) is 0 Å². The minimum atomic E-state index is -0.110. The molecule has 1 fully saturated rings. The smallest absolute Gasteiger partial charge is 0.251 e. The first kappa shape index (κ1) is 15.5. The van der Waals surface area contributed by atoms with Crippen molar-refractivity contribution in [2.24, 2.45) is 0 Å². The van der Waals surface area contributed by atoms with E-state index in [1.54, 1.807) is 18.2 Å². The average molecular weight is 289 g/mol. The molecule has 1 heterocycles. The van der Waals surface area contributed by atoms with Crippen molar-refractivity contribution < 1.29 is 9.59 Å². The third-order valence-corrected chi connectivity index (χ3v) is 3.71. The van der Waals surface area contributed by atoms with Gasteiger partial charge in [-0.15, -0.1) is 0 Å². The van der Waals surface area contributed by atoms with Gasteiger partial charge in [0.1, 0.15) is 0 Å². The zero-order chi connectivity index (χ0) is 15.2. The fraction of sp³-hybridized carbons (Fsp3) is 0.500. The van der Waals surface area contributed by atoms with Gasteiger partial charge in [0.15, 0.2) is 0 Å². The molecule has 2 rings (SSSR count). The van der Waals surface area contributed by atoms with E-state index in [0.29, 0.717) is 12.1 Å². The van der Waals surface area contributed by atoms with Crippen LogP contribution < -0.4 is 16.0 Å². The topological polar surface area (TPSA) is 70.2 Å². The number of benzene rings is 1. The summed E-state index contributed by atoms with van der Waals surface area (Å²) in [4.78, 5) is 24.0. The summed E-state index contributed by atoms with van der Waals surface area (Å²) in [5.74, 6) is -0.0871. The maximum Gasteiger partial charge on any atom is 0.251 e. The van der Waals surface area contributed by atoms with Crippen LogP contribution in [0.4, 0.5) is 5.69 Å². The number of aryl methyl sites for hydroxylation is 1. The second-order valence-corrected chi connectivity index (χ2v) is 5.38. The fourth-order valence-corrected chi connectivity index (χ4v) is 2.50. The van der Waals surface area contributed by atoms with Crippen LogP contribution in [-0.2, 0) is 4.79 Å². The highest BCUT2D eigenvalue weighted by atomic mass is 16.2. The number of piperidine rings is 1. The lowest BCUT2D eigenvalue weighted by Gasteiger charge is -2.23. The van der Waals surface area contributed by atoms with Gasteiger partial charge < -0.3 is 16.0 Å². The average Bonchev–Trinajstić information content (AvgIpc) is 2.50. The number of nitrogens with one attached hydrogen (secondary N) is 3. The van der Waals surface area contributed by atoms with E-state index in [0.717, 1.165) is 37.1 Å². The molecule has 1 aromatic rings. The van der Waals surface area contributed by atoms with Gasteiger partial charge in [-0.3, -0.25) is 9.59 Å². The summed E-state index contributed by atoms with van der Waals surface area (Å²) in [6.45, 7) is 5.28. The molecule has 1 atom stereocenters. The van der Waals surface area contributed by atoms with Crippen molar-refractivity contribution >= 4 is 17.5 Å². The molecule has 1 saturated heterocycles. The van der Waals surface area contributed by atoms with Crippen LogP contribution in [-0.4, -0.2) is 30.9 Å². The summed E-state index contributed by atoms with van der Waals surface area (Å²) in [5, 5.41) is 8.94. The second-order valence-electron chi connectivity index (χ2n) is 5.38. The third-order valence-electron chi connectivity index (χ3n) is 3.71. The van der Waals surface area contributed by atoms with E-state index in [2.05, 4.69) is 16.0 Å². The van der Waals surface area contributed by atoms with Crippen LogP contribution in [0.5, 0.6) is 0 Å². The maximum absolute atomic E-state index is 12.2. The minimum absolute atomic E-state index is 0.00330. The number of carbonyl (C=O) groups is 2. The van der Waals surface area contributed by atoms with Gasteiger partial charge in [0.25, 0.3) is 5.91 Å². The molecule has 3 N–H and O–H groups in total. The largest absolute Gasteiger partial charge is 0.352 e. The quantitative estimate of drug-likeness (QED) is 0.792. The number of hydrogen-bond acceptors (Lipinski definition) is 3. The van der Waals surface area contributed by atoms with E-state index in [-0.39, 0.29) is 17.9 Å². The zero-order valence-electron chi connectivity index (χ0n) is 12.7. The summed E-state index contributed by atoms with van der Waals surface area (Å²) in [6.07, 6.45) is 3.09. The Labute approximate surface area is 125 Å². The van der Waals surface area contributed by atoms with Gasteiger partial charge in [-0.2, -0.15) is 0 Å². The molecular weight excluding hydrogens is 266 g/mol. The van der Waals surface area contributed by atoms with E-state index in [1.807, 2.05) is 13.8 Å². The molecule has 0 aliphatic carbocycles. The van der Waals surface area contributed by atoms with Gasteiger partial charge in [-0.25, -0.2) is 0 Å². The number of amides is 2. The lowest BCUT2D eigenvalue weighted by atomic mass is 10.0. The second kappa shape index (κ2) is 7.22. The Morgan fingerprint density at radius 2 is 2.14 bits per heavy atom. The molecule has 5 nitrogen and oxygen atoms in total. The molecule has 1 aromatic carbocycles. The van der Waals surface area contributed by atoms with Gasteiger partial charge in [-0.05, 0) is 57.0 Å². The fourth-order valence-electron chi connectivity index (χ4n) is 2.50. The number of hydrogen-bond donors (Lipinski definition) is 3. The van der Waals surface area contributed by atoms with Crippen LogP contribution in [0.15, 0.2) is 18.2 Å². The van der Waals surface area contributed by atoms with Crippen LogP contribution in [0.25, 0.3) is 0 Å². The van der Waals surface area contributed by atoms with Crippen molar-refractivity contribution in [3.8, 4) is 0 Å². The molecular formula is C16H23N3O2. The third kappa shape index (κ3) is 4.04. The normalized spacial score (nSPS) is 18.1. The number of rotatable bonds is 4. The molecule has 0 aromatic heterocycles. The summed E-state index contributed by atoms with van der Waals surface area (Å²) in [6, 6.07) is 5.22. The van der Waals surface area contributed by atoms with Crippen molar-refractivity contribution in [3.63, 3.8) is 0 Å². The molecule has 21 heavy (non-hydrogen) atoms. The lowest BCUT2D eigenvalue weighted by molar-refractivity contribution is -0.118. The Morgan fingerprint density at radius 3 is 2.76 bits per heavy atom. The Balaban J connectivity index is 2.03. The molecule has 0 spiro atoms. The number of anilines is 1. The molecule has 0 saturated carbocycles. The molecule has 0 bridgehead atoms. The summed E-state index contributed by atoms with van der Waals surface area (Å²) < 4.78 is 0. The van der Waals surface area contributed by atoms with E-state index < -0.39 is 0 Å². The molecule has 114 valence electrons. The molecule has 2 amide bonds. The van der Waals surface area contributed by atoms with Gasteiger partial charge in [0, 0.05) is 17.8 Å². The Kier molecular flexibility index (Phi) is 5.33. The van der Waals surface area contributed by atoms with E-state index in [1.165, 1.54) is 0 Å². The predicted octanol–water partition coefficient (Wildman–Crippen LogP) is 1.83.